The lowest BCUT2D eigenvalue weighted by Crippen LogP contribution is -2.15. The van der Waals surface area contributed by atoms with E-state index in [1.54, 1.807) is 7.05 Å². The minimum atomic E-state index is -0.240. The number of hydrogen-bond acceptors (Lipinski definition) is 5. The van der Waals surface area contributed by atoms with Crippen LogP contribution in [0.2, 0.25) is 0 Å². The maximum atomic E-state index is 6.22. The van der Waals surface area contributed by atoms with Crippen LogP contribution in [0.5, 0.6) is 0 Å². The number of para-hydroxylation sites is 1. The van der Waals surface area contributed by atoms with Gasteiger partial charge in [-0.05, 0) is 11.3 Å². The molecule has 1 aromatic carbocycles. The van der Waals surface area contributed by atoms with Crippen molar-refractivity contribution in [2.24, 2.45) is 19.8 Å². The molecular weight excluding hydrogens is 242 g/mol. The molecule has 2 aromatic heterocycles. The van der Waals surface area contributed by atoms with Crippen LogP contribution in [0, 0.1) is 0 Å². The summed E-state index contributed by atoms with van der Waals surface area (Å²) in [6.45, 7) is 0. The van der Waals surface area contributed by atoms with Crippen LogP contribution in [0.25, 0.3) is 10.9 Å². The van der Waals surface area contributed by atoms with Gasteiger partial charge in [0, 0.05) is 18.9 Å². The first-order valence-electron chi connectivity index (χ1n) is 6.05. The number of aromatic nitrogens is 6. The largest absolute Gasteiger partial charge is 0.322 e. The summed E-state index contributed by atoms with van der Waals surface area (Å²) in [6.07, 6.45) is 0.523. The third-order valence-corrected chi connectivity index (χ3v) is 3.09. The molecule has 3 aromatic rings. The molecule has 98 valence electrons. The van der Waals surface area contributed by atoms with Gasteiger partial charge in [0.1, 0.15) is 0 Å². The lowest BCUT2D eigenvalue weighted by Gasteiger charge is -2.05. The van der Waals surface area contributed by atoms with E-state index >= 15 is 0 Å². The van der Waals surface area contributed by atoms with E-state index in [9.17, 15) is 0 Å². The zero-order valence-corrected chi connectivity index (χ0v) is 10.9. The summed E-state index contributed by atoms with van der Waals surface area (Å²) in [5.41, 5.74) is 8.16. The first-order valence-corrected chi connectivity index (χ1v) is 6.05. The molecule has 0 spiro atoms. The van der Waals surface area contributed by atoms with E-state index in [1.165, 1.54) is 4.80 Å². The second-order valence-corrected chi connectivity index (χ2v) is 4.53. The van der Waals surface area contributed by atoms with E-state index in [1.807, 2.05) is 36.0 Å². The molecule has 1 unspecified atom stereocenters. The first-order chi connectivity index (χ1) is 9.15. The van der Waals surface area contributed by atoms with Crippen LogP contribution in [0.3, 0.4) is 0 Å². The highest BCUT2D eigenvalue weighted by molar-refractivity contribution is 5.82. The highest BCUT2D eigenvalue weighted by Crippen LogP contribution is 2.23. The summed E-state index contributed by atoms with van der Waals surface area (Å²) in [7, 11) is 3.65. The Bertz CT molecular complexity index is 712. The quantitative estimate of drug-likeness (QED) is 0.731. The minimum Gasteiger partial charge on any atom is -0.322 e. The number of aryl methyl sites for hydroxylation is 2. The van der Waals surface area contributed by atoms with Crippen LogP contribution in [0.15, 0.2) is 24.3 Å². The Labute approximate surface area is 110 Å². The molecular formula is C12H15N7. The first kappa shape index (κ1) is 11.8. The van der Waals surface area contributed by atoms with E-state index < -0.39 is 0 Å². The topological polar surface area (TPSA) is 87.4 Å². The Morgan fingerprint density at radius 3 is 2.74 bits per heavy atom. The molecule has 1 atom stereocenters. The summed E-state index contributed by atoms with van der Waals surface area (Å²) in [4.78, 5) is 1.43. The standard InChI is InChI=1S/C12H15N7/c1-18-10-6-4-3-5-8(10)12(16-18)9(13)7-11-14-17-19(2)15-11/h3-6,9H,7,13H2,1-2H3. The van der Waals surface area contributed by atoms with Gasteiger partial charge in [-0.15, -0.1) is 10.2 Å². The summed E-state index contributed by atoms with van der Waals surface area (Å²) >= 11 is 0. The predicted octanol–water partition coefficient (Wildman–Crippen LogP) is 0.339. The van der Waals surface area contributed by atoms with E-state index in [-0.39, 0.29) is 6.04 Å². The van der Waals surface area contributed by atoms with Crippen molar-refractivity contribution in [1.29, 1.82) is 0 Å². The smallest absolute Gasteiger partial charge is 0.176 e. The van der Waals surface area contributed by atoms with Crippen LogP contribution < -0.4 is 5.73 Å². The van der Waals surface area contributed by atoms with Crippen LogP contribution in [0.1, 0.15) is 17.6 Å². The van der Waals surface area contributed by atoms with Crippen molar-refractivity contribution >= 4 is 10.9 Å². The molecule has 0 saturated heterocycles. The molecule has 0 radical (unpaired) electrons. The highest BCUT2D eigenvalue weighted by Gasteiger charge is 2.17. The van der Waals surface area contributed by atoms with Gasteiger partial charge in [-0.3, -0.25) is 4.68 Å². The molecule has 7 nitrogen and oxygen atoms in total. The number of tetrazole rings is 1. The van der Waals surface area contributed by atoms with Crippen molar-refractivity contribution in [1.82, 2.24) is 30.0 Å². The molecule has 2 heterocycles. The third-order valence-electron chi connectivity index (χ3n) is 3.09. The van der Waals surface area contributed by atoms with Gasteiger partial charge in [-0.25, -0.2) is 0 Å². The molecule has 0 fully saturated rings. The molecule has 2 N–H and O–H groups in total. The lowest BCUT2D eigenvalue weighted by atomic mass is 10.1. The van der Waals surface area contributed by atoms with Gasteiger partial charge >= 0.3 is 0 Å². The molecule has 0 saturated carbocycles. The molecule has 3 rings (SSSR count). The van der Waals surface area contributed by atoms with Gasteiger partial charge < -0.3 is 5.73 Å². The van der Waals surface area contributed by atoms with Crippen molar-refractivity contribution in [3.63, 3.8) is 0 Å². The van der Waals surface area contributed by atoms with Crippen LogP contribution in [0.4, 0.5) is 0 Å². The number of nitrogens with zero attached hydrogens (tertiary/aromatic N) is 6. The molecule has 0 amide bonds. The molecule has 0 aliphatic heterocycles. The number of rotatable bonds is 3. The van der Waals surface area contributed by atoms with Gasteiger partial charge in [0.2, 0.25) is 0 Å². The Hall–Kier alpha value is -2.28. The van der Waals surface area contributed by atoms with E-state index in [4.69, 9.17) is 5.73 Å². The predicted molar refractivity (Wildman–Crippen MR) is 70.1 cm³/mol. The second-order valence-electron chi connectivity index (χ2n) is 4.53. The Morgan fingerprint density at radius 2 is 2.00 bits per heavy atom. The van der Waals surface area contributed by atoms with E-state index in [2.05, 4.69) is 20.5 Å². The lowest BCUT2D eigenvalue weighted by molar-refractivity contribution is 0.617. The van der Waals surface area contributed by atoms with Gasteiger partial charge in [0.05, 0.1) is 24.3 Å². The Kier molecular flexibility index (Phi) is 2.75. The van der Waals surface area contributed by atoms with Crippen LogP contribution >= 0.6 is 0 Å². The maximum absolute atomic E-state index is 6.22. The summed E-state index contributed by atoms with van der Waals surface area (Å²) in [5.74, 6) is 0.629. The summed E-state index contributed by atoms with van der Waals surface area (Å²) < 4.78 is 1.84. The Balaban J connectivity index is 1.95. The monoisotopic (exact) mass is 257 g/mol. The average molecular weight is 257 g/mol. The van der Waals surface area contributed by atoms with Gasteiger partial charge in [0.25, 0.3) is 0 Å². The van der Waals surface area contributed by atoms with Crippen LogP contribution in [-0.4, -0.2) is 30.0 Å². The van der Waals surface area contributed by atoms with E-state index in [0.717, 1.165) is 16.6 Å². The molecule has 0 aliphatic rings. The van der Waals surface area contributed by atoms with E-state index in [0.29, 0.717) is 12.2 Å². The highest BCUT2D eigenvalue weighted by atomic mass is 15.6. The van der Waals surface area contributed by atoms with Crippen molar-refractivity contribution < 1.29 is 0 Å². The summed E-state index contributed by atoms with van der Waals surface area (Å²) in [5, 5.41) is 17.5. The average Bonchev–Trinajstić information content (AvgIpc) is 2.95. The normalized spacial score (nSPS) is 13.0. The molecule has 0 bridgehead atoms. The number of fused-ring (bicyclic) bond motifs is 1. The SMILES string of the molecule is Cn1nnc(CC(N)c2nn(C)c3ccccc23)n1. The molecule has 19 heavy (non-hydrogen) atoms. The van der Waals surface area contributed by atoms with Gasteiger partial charge in [-0.1, -0.05) is 18.2 Å². The fourth-order valence-corrected chi connectivity index (χ4v) is 2.21. The summed E-state index contributed by atoms with van der Waals surface area (Å²) in [6, 6.07) is 7.79. The third kappa shape index (κ3) is 2.08. The number of benzene rings is 1. The minimum absolute atomic E-state index is 0.240. The number of hydrogen-bond donors (Lipinski definition) is 1. The molecule has 0 aliphatic carbocycles. The fourth-order valence-electron chi connectivity index (χ4n) is 2.21. The zero-order chi connectivity index (χ0) is 13.4. The van der Waals surface area contributed by atoms with Crippen molar-refractivity contribution in [3.05, 3.63) is 35.8 Å². The van der Waals surface area contributed by atoms with Crippen molar-refractivity contribution in [2.45, 2.75) is 12.5 Å². The van der Waals surface area contributed by atoms with Crippen molar-refractivity contribution in [2.75, 3.05) is 0 Å². The fraction of sp³-hybridized carbons (Fsp3) is 0.333. The van der Waals surface area contributed by atoms with Crippen molar-refractivity contribution in [3.8, 4) is 0 Å². The van der Waals surface area contributed by atoms with Gasteiger partial charge in [0.15, 0.2) is 5.82 Å². The number of nitrogens with two attached hydrogens (primary N) is 1. The zero-order valence-electron chi connectivity index (χ0n) is 10.9. The second kappa shape index (κ2) is 4.43. The van der Waals surface area contributed by atoms with Gasteiger partial charge in [-0.2, -0.15) is 9.90 Å². The molecule has 7 heteroatoms. The maximum Gasteiger partial charge on any atom is 0.176 e. The van der Waals surface area contributed by atoms with Crippen LogP contribution in [-0.2, 0) is 20.5 Å². The Morgan fingerprint density at radius 1 is 1.21 bits per heavy atom.